The van der Waals surface area contributed by atoms with Crippen LogP contribution in [0.5, 0.6) is 5.75 Å². The lowest BCUT2D eigenvalue weighted by Gasteiger charge is -2.10. The van der Waals surface area contributed by atoms with E-state index in [9.17, 15) is 18.8 Å². The molecule has 8 nitrogen and oxygen atoms in total. The number of benzene rings is 3. The number of amides is 3. The van der Waals surface area contributed by atoms with Crippen LogP contribution in [0.25, 0.3) is 0 Å². The molecule has 0 saturated carbocycles. The van der Waals surface area contributed by atoms with Gasteiger partial charge in [-0.25, -0.2) is 4.39 Å². The van der Waals surface area contributed by atoms with Crippen LogP contribution in [0.4, 0.5) is 15.8 Å². The molecule has 0 unspecified atom stereocenters. The first-order chi connectivity index (χ1) is 17.5. The van der Waals surface area contributed by atoms with Gasteiger partial charge in [0.2, 0.25) is 0 Å². The van der Waals surface area contributed by atoms with Crippen molar-refractivity contribution in [1.82, 2.24) is 5.32 Å². The van der Waals surface area contributed by atoms with Crippen LogP contribution in [0.1, 0.15) is 26.5 Å². The molecular formula is C27H22FN3O5. The molecule has 1 aromatic heterocycles. The van der Waals surface area contributed by atoms with Gasteiger partial charge in [-0.1, -0.05) is 24.3 Å². The second-order valence-corrected chi connectivity index (χ2v) is 7.69. The summed E-state index contributed by atoms with van der Waals surface area (Å²) >= 11 is 0. The highest BCUT2D eigenvalue weighted by Crippen LogP contribution is 2.18. The van der Waals surface area contributed by atoms with Crippen molar-refractivity contribution in [1.29, 1.82) is 0 Å². The van der Waals surface area contributed by atoms with Crippen molar-refractivity contribution in [2.24, 2.45) is 0 Å². The van der Waals surface area contributed by atoms with Crippen molar-refractivity contribution >= 4 is 29.1 Å². The van der Waals surface area contributed by atoms with Crippen molar-refractivity contribution < 1.29 is 27.9 Å². The number of carbonyl (C=O) groups excluding carboxylic acids is 3. The van der Waals surface area contributed by atoms with Gasteiger partial charge in [0.15, 0.2) is 12.4 Å². The SMILES string of the molecule is O=C(COc1cccc(NC(=O)c2ccco2)c1)NCc1cccc(NC(=O)c2cccc(F)c2)c1. The first kappa shape index (κ1) is 24.2. The maximum atomic E-state index is 13.3. The molecule has 0 spiro atoms. The van der Waals surface area contributed by atoms with E-state index in [1.165, 1.54) is 24.5 Å². The molecule has 0 aliphatic rings. The molecule has 1 heterocycles. The first-order valence-electron chi connectivity index (χ1n) is 11.0. The third-order valence-corrected chi connectivity index (χ3v) is 4.97. The van der Waals surface area contributed by atoms with E-state index in [0.717, 1.165) is 11.6 Å². The standard InChI is InChI=1S/C27H22FN3O5/c28-20-7-2-6-19(14-20)26(33)30-21-8-1-5-18(13-21)16-29-25(32)17-36-23-10-3-9-22(15-23)31-27(34)24-11-4-12-35-24/h1-15H,16-17H2,(H,29,32)(H,30,33)(H,31,34). The molecule has 9 heteroatoms. The fraction of sp³-hybridized carbons (Fsp3) is 0.0741. The van der Waals surface area contributed by atoms with Gasteiger partial charge in [-0.05, 0) is 60.2 Å². The fourth-order valence-electron chi connectivity index (χ4n) is 3.26. The summed E-state index contributed by atoms with van der Waals surface area (Å²) in [6.07, 6.45) is 1.41. The molecule has 36 heavy (non-hydrogen) atoms. The average molecular weight is 487 g/mol. The zero-order valence-corrected chi connectivity index (χ0v) is 19.0. The van der Waals surface area contributed by atoms with Gasteiger partial charge >= 0.3 is 0 Å². The van der Waals surface area contributed by atoms with Gasteiger partial charge in [0, 0.05) is 29.5 Å². The van der Waals surface area contributed by atoms with Gasteiger partial charge in [-0.3, -0.25) is 14.4 Å². The summed E-state index contributed by atoms with van der Waals surface area (Å²) in [7, 11) is 0. The summed E-state index contributed by atoms with van der Waals surface area (Å²) in [6, 6.07) is 22.2. The van der Waals surface area contributed by atoms with Crippen LogP contribution in [0.2, 0.25) is 0 Å². The molecule has 0 radical (unpaired) electrons. The van der Waals surface area contributed by atoms with E-state index in [0.29, 0.717) is 17.1 Å². The molecule has 182 valence electrons. The Bertz CT molecular complexity index is 1370. The normalized spacial score (nSPS) is 10.4. The zero-order valence-electron chi connectivity index (χ0n) is 19.0. The third kappa shape index (κ3) is 6.80. The molecule has 3 aromatic carbocycles. The molecule has 3 amide bonds. The van der Waals surface area contributed by atoms with Gasteiger partial charge in [0.25, 0.3) is 17.7 Å². The van der Waals surface area contributed by atoms with Crippen molar-refractivity contribution in [3.8, 4) is 5.75 Å². The zero-order chi connectivity index (χ0) is 25.3. The second-order valence-electron chi connectivity index (χ2n) is 7.69. The number of halogens is 1. The minimum atomic E-state index is -0.494. The van der Waals surface area contributed by atoms with Crippen LogP contribution >= 0.6 is 0 Å². The van der Waals surface area contributed by atoms with Crippen LogP contribution in [-0.2, 0) is 11.3 Å². The van der Waals surface area contributed by atoms with E-state index in [4.69, 9.17) is 9.15 Å². The van der Waals surface area contributed by atoms with Gasteiger partial charge in [0.1, 0.15) is 11.6 Å². The largest absolute Gasteiger partial charge is 0.484 e. The minimum absolute atomic E-state index is 0.179. The van der Waals surface area contributed by atoms with Gasteiger partial charge in [-0.15, -0.1) is 0 Å². The third-order valence-electron chi connectivity index (χ3n) is 4.97. The number of hydrogen-bond donors (Lipinski definition) is 3. The molecule has 0 atom stereocenters. The number of anilines is 2. The van der Waals surface area contributed by atoms with E-state index >= 15 is 0 Å². The maximum absolute atomic E-state index is 13.3. The Kier molecular flexibility index (Phi) is 7.72. The Balaban J connectivity index is 1.25. The monoisotopic (exact) mass is 487 g/mol. The number of hydrogen-bond acceptors (Lipinski definition) is 5. The van der Waals surface area contributed by atoms with Crippen molar-refractivity contribution in [3.05, 3.63) is 114 Å². The fourth-order valence-corrected chi connectivity index (χ4v) is 3.26. The molecule has 3 N–H and O–H groups in total. The Morgan fingerprint density at radius 2 is 1.56 bits per heavy atom. The predicted octanol–water partition coefficient (Wildman–Crippen LogP) is 4.62. The van der Waals surface area contributed by atoms with E-state index in [-0.39, 0.29) is 30.4 Å². The summed E-state index contributed by atoms with van der Waals surface area (Å²) in [4.78, 5) is 36.7. The van der Waals surface area contributed by atoms with Crippen molar-refractivity contribution in [2.75, 3.05) is 17.2 Å². The number of furan rings is 1. The number of nitrogens with one attached hydrogen (secondary N) is 3. The Morgan fingerprint density at radius 3 is 2.33 bits per heavy atom. The smallest absolute Gasteiger partial charge is 0.291 e. The second kappa shape index (κ2) is 11.5. The topological polar surface area (TPSA) is 110 Å². The van der Waals surface area contributed by atoms with Crippen LogP contribution < -0.4 is 20.7 Å². The van der Waals surface area contributed by atoms with Gasteiger partial charge < -0.3 is 25.1 Å². The lowest BCUT2D eigenvalue weighted by molar-refractivity contribution is -0.123. The summed E-state index contributed by atoms with van der Waals surface area (Å²) < 4.78 is 23.9. The Labute approximate surface area is 206 Å². The summed E-state index contributed by atoms with van der Waals surface area (Å²) in [5, 5.41) is 8.14. The lowest BCUT2D eigenvalue weighted by atomic mass is 10.1. The molecule has 0 bridgehead atoms. The highest BCUT2D eigenvalue weighted by molar-refractivity contribution is 6.04. The van der Waals surface area contributed by atoms with E-state index < -0.39 is 17.6 Å². The van der Waals surface area contributed by atoms with Gasteiger partial charge in [-0.2, -0.15) is 0 Å². The van der Waals surface area contributed by atoms with Crippen LogP contribution in [-0.4, -0.2) is 24.3 Å². The highest BCUT2D eigenvalue weighted by atomic mass is 19.1. The first-order valence-corrected chi connectivity index (χ1v) is 11.0. The predicted molar refractivity (Wildman–Crippen MR) is 131 cm³/mol. The van der Waals surface area contributed by atoms with E-state index in [2.05, 4.69) is 16.0 Å². The maximum Gasteiger partial charge on any atom is 0.291 e. The molecule has 0 saturated heterocycles. The average Bonchev–Trinajstić information content (AvgIpc) is 3.42. The van der Waals surface area contributed by atoms with Crippen molar-refractivity contribution in [2.45, 2.75) is 6.54 Å². The van der Waals surface area contributed by atoms with Crippen LogP contribution in [0.3, 0.4) is 0 Å². The number of rotatable bonds is 9. The van der Waals surface area contributed by atoms with Gasteiger partial charge in [0.05, 0.1) is 6.26 Å². The lowest BCUT2D eigenvalue weighted by Crippen LogP contribution is -2.28. The molecule has 0 fully saturated rings. The Morgan fingerprint density at radius 1 is 0.806 bits per heavy atom. The molecule has 4 aromatic rings. The Hall–Kier alpha value is -4.92. The van der Waals surface area contributed by atoms with E-state index in [1.54, 1.807) is 60.7 Å². The molecule has 4 rings (SSSR count). The molecular weight excluding hydrogens is 465 g/mol. The van der Waals surface area contributed by atoms with Crippen LogP contribution in [0.15, 0.2) is 95.6 Å². The summed E-state index contributed by atoms with van der Waals surface area (Å²) in [6.45, 7) is -0.0172. The van der Waals surface area contributed by atoms with Crippen LogP contribution in [0, 0.1) is 5.82 Å². The molecule has 0 aliphatic heterocycles. The number of carbonyl (C=O) groups is 3. The quantitative estimate of drug-likeness (QED) is 0.319. The minimum Gasteiger partial charge on any atom is -0.484 e. The van der Waals surface area contributed by atoms with E-state index in [1.807, 2.05) is 0 Å². The van der Waals surface area contributed by atoms with Crippen molar-refractivity contribution in [3.63, 3.8) is 0 Å². The number of ether oxygens (including phenoxy) is 1. The highest BCUT2D eigenvalue weighted by Gasteiger charge is 2.10. The summed E-state index contributed by atoms with van der Waals surface area (Å²) in [5.41, 5.74) is 1.96. The molecule has 0 aliphatic carbocycles. The summed E-state index contributed by atoms with van der Waals surface area (Å²) in [5.74, 6) is -1.10.